The van der Waals surface area contributed by atoms with E-state index in [0.717, 1.165) is 0 Å². The van der Waals surface area contributed by atoms with Crippen molar-refractivity contribution in [1.82, 2.24) is 5.43 Å². The summed E-state index contributed by atoms with van der Waals surface area (Å²) in [7, 11) is 0. The Bertz CT molecular complexity index is 363. The number of hydrogen-bond donors (Lipinski definition) is 2. The Hall–Kier alpha value is -0.540. The van der Waals surface area contributed by atoms with Crippen LogP contribution in [0.3, 0.4) is 0 Å². The van der Waals surface area contributed by atoms with E-state index in [1.165, 1.54) is 13.8 Å². The Labute approximate surface area is 119 Å². The zero-order chi connectivity index (χ0) is 16.9. The van der Waals surface area contributed by atoms with Crippen molar-refractivity contribution in [3.63, 3.8) is 0 Å². The lowest BCUT2D eigenvalue weighted by Gasteiger charge is -2.38. The zero-order valence-corrected chi connectivity index (χ0v) is 12.2. The third-order valence-electron chi connectivity index (χ3n) is 3.83. The molecule has 3 N–H and O–H groups in total. The van der Waals surface area contributed by atoms with Crippen molar-refractivity contribution in [3.8, 4) is 0 Å². The van der Waals surface area contributed by atoms with Crippen molar-refractivity contribution in [2.45, 2.75) is 63.7 Å². The van der Waals surface area contributed by atoms with Crippen LogP contribution < -0.4 is 11.3 Å². The van der Waals surface area contributed by atoms with E-state index in [0.29, 0.717) is 0 Å². The average molecular weight is 322 g/mol. The number of rotatable bonds is 3. The molecule has 0 spiro atoms. The van der Waals surface area contributed by atoms with E-state index in [4.69, 9.17) is 10.6 Å². The van der Waals surface area contributed by atoms with Gasteiger partial charge >= 0.3 is 12.4 Å². The highest BCUT2D eigenvalue weighted by Gasteiger charge is 2.64. The fourth-order valence-electron chi connectivity index (χ4n) is 3.20. The van der Waals surface area contributed by atoms with Gasteiger partial charge in [-0.2, -0.15) is 26.3 Å². The number of alkyl halides is 6. The lowest BCUT2D eigenvalue weighted by molar-refractivity contribution is -0.297. The highest BCUT2D eigenvalue weighted by atomic mass is 19.4. The Kier molecular flexibility index (Phi) is 4.65. The van der Waals surface area contributed by atoms with E-state index in [9.17, 15) is 26.3 Å². The van der Waals surface area contributed by atoms with Crippen LogP contribution in [0.15, 0.2) is 0 Å². The summed E-state index contributed by atoms with van der Waals surface area (Å²) in [5, 5.41) is 0. The van der Waals surface area contributed by atoms with Gasteiger partial charge in [-0.3, -0.25) is 11.3 Å². The van der Waals surface area contributed by atoms with Crippen LogP contribution in [0.1, 0.15) is 34.1 Å². The number of hydrazine groups is 1. The Balaban J connectivity index is 3.22. The molecule has 0 bridgehead atoms. The minimum Gasteiger partial charge on any atom is -0.369 e. The van der Waals surface area contributed by atoms with Crippen LogP contribution in [0.25, 0.3) is 0 Å². The molecule has 0 aromatic heterocycles. The highest BCUT2D eigenvalue weighted by molar-refractivity contribution is 5.03. The molecule has 21 heavy (non-hydrogen) atoms. The minimum atomic E-state index is -5.45. The zero-order valence-electron chi connectivity index (χ0n) is 12.2. The second-order valence-electron chi connectivity index (χ2n) is 6.53. The van der Waals surface area contributed by atoms with Gasteiger partial charge in [0, 0.05) is 12.0 Å². The normalized spacial score (nSPS) is 27.1. The third kappa shape index (κ3) is 4.01. The van der Waals surface area contributed by atoms with Gasteiger partial charge in [-0.1, -0.05) is 0 Å². The first-order chi connectivity index (χ1) is 9.12. The lowest BCUT2D eigenvalue weighted by Crippen LogP contribution is -2.59. The molecule has 1 saturated heterocycles. The Morgan fingerprint density at radius 3 is 1.71 bits per heavy atom. The number of nitrogens with two attached hydrogens (primary N) is 1. The standard InChI is InChI=1S/C12H20F6N2O/c1-9(2)5-6(10(3,4)21-9)7(20-19)8(11(13,14)15)12(16,17)18/h6-8,20H,5,19H2,1-4H3. The fraction of sp³-hybridized carbons (Fsp3) is 1.00. The van der Waals surface area contributed by atoms with E-state index < -0.39 is 41.4 Å². The summed E-state index contributed by atoms with van der Waals surface area (Å²) in [5.41, 5.74) is -0.241. The molecule has 2 atom stereocenters. The summed E-state index contributed by atoms with van der Waals surface area (Å²) >= 11 is 0. The molecular formula is C12H20F6N2O. The summed E-state index contributed by atoms with van der Waals surface area (Å²) in [4.78, 5) is 0. The first kappa shape index (κ1) is 18.5. The Morgan fingerprint density at radius 1 is 1.05 bits per heavy atom. The van der Waals surface area contributed by atoms with Crippen LogP contribution >= 0.6 is 0 Å². The molecule has 3 nitrogen and oxygen atoms in total. The SMILES string of the molecule is CC1(C)CC(C(NN)C(C(F)(F)F)C(F)(F)F)C(C)(C)O1. The lowest BCUT2D eigenvalue weighted by atomic mass is 9.76. The molecule has 0 aromatic carbocycles. The summed E-state index contributed by atoms with van der Waals surface area (Å²) in [5.74, 6) is 0.470. The van der Waals surface area contributed by atoms with E-state index in [1.807, 2.05) is 0 Å². The summed E-state index contributed by atoms with van der Waals surface area (Å²) < 4.78 is 82.9. The predicted octanol–water partition coefficient (Wildman–Crippen LogP) is 3.15. The molecule has 1 rings (SSSR count). The van der Waals surface area contributed by atoms with Crippen LogP contribution in [0.5, 0.6) is 0 Å². The first-order valence-electron chi connectivity index (χ1n) is 6.41. The second-order valence-corrected chi connectivity index (χ2v) is 6.53. The van der Waals surface area contributed by atoms with Crippen molar-refractivity contribution in [3.05, 3.63) is 0 Å². The maximum Gasteiger partial charge on any atom is 0.402 e. The molecule has 0 aliphatic carbocycles. The molecule has 0 aromatic rings. The number of ether oxygens (including phenoxy) is 1. The fourth-order valence-corrected chi connectivity index (χ4v) is 3.20. The quantitative estimate of drug-likeness (QED) is 0.477. The van der Waals surface area contributed by atoms with Gasteiger partial charge in [0.15, 0.2) is 5.92 Å². The van der Waals surface area contributed by atoms with Crippen molar-refractivity contribution >= 4 is 0 Å². The van der Waals surface area contributed by atoms with Crippen molar-refractivity contribution < 1.29 is 31.1 Å². The minimum absolute atomic E-state index is 0.0392. The second kappa shape index (κ2) is 5.27. The highest BCUT2D eigenvalue weighted by Crippen LogP contribution is 2.50. The maximum absolute atomic E-state index is 12.9. The number of nitrogens with one attached hydrogen (secondary N) is 1. The maximum atomic E-state index is 12.9. The van der Waals surface area contributed by atoms with E-state index in [2.05, 4.69) is 0 Å². The van der Waals surface area contributed by atoms with Crippen molar-refractivity contribution in [2.24, 2.45) is 17.7 Å². The van der Waals surface area contributed by atoms with Gasteiger partial charge in [-0.25, -0.2) is 0 Å². The molecule has 1 aliphatic heterocycles. The first-order valence-corrected chi connectivity index (χ1v) is 6.41. The van der Waals surface area contributed by atoms with Gasteiger partial charge in [0.2, 0.25) is 0 Å². The summed E-state index contributed by atoms with van der Waals surface area (Å²) in [6.07, 6.45) is -10.9. The molecule has 2 unspecified atom stereocenters. The monoisotopic (exact) mass is 322 g/mol. The molecule has 126 valence electrons. The van der Waals surface area contributed by atoms with Gasteiger partial charge in [-0.15, -0.1) is 0 Å². The van der Waals surface area contributed by atoms with E-state index in [1.54, 1.807) is 19.3 Å². The number of hydrogen-bond acceptors (Lipinski definition) is 3. The van der Waals surface area contributed by atoms with Crippen LogP contribution in [0.4, 0.5) is 26.3 Å². The smallest absolute Gasteiger partial charge is 0.369 e. The molecular weight excluding hydrogens is 302 g/mol. The molecule has 0 saturated carbocycles. The molecule has 1 aliphatic rings. The van der Waals surface area contributed by atoms with Gasteiger partial charge in [0.05, 0.1) is 11.2 Å². The molecule has 1 fully saturated rings. The number of halogens is 6. The third-order valence-corrected chi connectivity index (χ3v) is 3.83. The van der Waals surface area contributed by atoms with E-state index >= 15 is 0 Å². The van der Waals surface area contributed by atoms with Crippen LogP contribution in [0, 0.1) is 11.8 Å². The van der Waals surface area contributed by atoms with Crippen LogP contribution in [0.2, 0.25) is 0 Å². The molecule has 1 heterocycles. The van der Waals surface area contributed by atoms with Gasteiger partial charge in [0.25, 0.3) is 0 Å². The van der Waals surface area contributed by atoms with Gasteiger partial charge in [-0.05, 0) is 34.1 Å². The Morgan fingerprint density at radius 2 is 1.48 bits per heavy atom. The topological polar surface area (TPSA) is 47.3 Å². The summed E-state index contributed by atoms with van der Waals surface area (Å²) in [6, 6.07) is -2.01. The van der Waals surface area contributed by atoms with Gasteiger partial charge in [0.1, 0.15) is 0 Å². The predicted molar refractivity (Wildman–Crippen MR) is 64.1 cm³/mol. The molecule has 0 radical (unpaired) electrons. The van der Waals surface area contributed by atoms with Gasteiger partial charge < -0.3 is 4.74 Å². The summed E-state index contributed by atoms with van der Waals surface area (Å²) in [6.45, 7) is 6.19. The van der Waals surface area contributed by atoms with E-state index in [-0.39, 0.29) is 6.42 Å². The van der Waals surface area contributed by atoms with Crippen molar-refractivity contribution in [1.29, 1.82) is 0 Å². The van der Waals surface area contributed by atoms with Crippen LogP contribution in [-0.2, 0) is 4.74 Å². The molecule has 9 heteroatoms. The van der Waals surface area contributed by atoms with Crippen LogP contribution in [-0.4, -0.2) is 29.6 Å². The largest absolute Gasteiger partial charge is 0.402 e. The average Bonchev–Trinajstić information content (AvgIpc) is 2.38. The van der Waals surface area contributed by atoms with Crippen molar-refractivity contribution in [2.75, 3.05) is 0 Å². The molecule has 0 amide bonds.